The molecule has 1 heterocycles. The molecule has 1 aromatic heterocycles. The van der Waals surface area contributed by atoms with E-state index in [0.29, 0.717) is 12.1 Å². The molecule has 0 saturated heterocycles. The van der Waals surface area contributed by atoms with E-state index in [0.717, 1.165) is 15.6 Å². The van der Waals surface area contributed by atoms with E-state index in [1.54, 1.807) is 22.8 Å². The minimum atomic E-state index is -0.184. The monoisotopic (exact) mass is 318 g/mol. The fourth-order valence-corrected chi connectivity index (χ4v) is 2.51. The summed E-state index contributed by atoms with van der Waals surface area (Å²) in [5.74, 6) is 0.146. The molecular formula is C14H11BrN2O2. The van der Waals surface area contributed by atoms with Crippen molar-refractivity contribution in [1.29, 1.82) is 0 Å². The number of rotatable bonds is 2. The topological polar surface area (TPSA) is 58.0 Å². The first-order valence-electron chi connectivity index (χ1n) is 5.80. The van der Waals surface area contributed by atoms with Gasteiger partial charge in [0.1, 0.15) is 5.75 Å². The van der Waals surface area contributed by atoms with Gasteiger partial charge in [-0.25, -0.2) is 4.79 Å². The summed E-state index contributed by atoms with van der Waals surface area (Å²) in [4.78, 5) is 14.8. The van der Waals surface area contributed by atoms with Crippen LogP contribution in [-0.2, 0) is 6.54 Å². The predicted molar refractivity (Wildman–Crippen MR) is 77.5 cm³/mol. The third-order valence-electron chi connectivity index (χ3n) is 3.05. The molecule has 5 heteroatoms. The first kappa shape index (κ1) is 12.0. The molecule has 0 aliphatic rings. The van der Waals surface area contributed by atoms with Crippen molar-refractivity contribution >= 4 is 27.0 Å². The Hall–Kier alpha value is -2.01. The van der Waals surface area contributed by atoms with Gasteiger partial charge in [-0.05, 0) is 23.8 Å². The van der Waals surface area contributed by atoms with Gasteiger partial charge < -0.3 is 10.1 Å². The number of hydrogen-bond donors (Lipinski definition) is 2. The van der Waals surface area contributed by atoms with Crippen LogP contribution in [0.4, 0.5) is 0 Å². The number of phenols is 1. The van der Waals surface area contributed by atoms with Gasteiger partial charge in [-0.1, -0.05) is 34.1 Å². The number of aromatic nitrogens is 2. The van der Waals surface area contributed by atoms with Crippen LogP contribution in [0.2, 0.25) is 0 Å². The average molecular weight is 319 g/mol. The van der Waals surface area contributed by atoms with E-state index in [4.69, 9.17) is 0 Å². The van der Waals surface area contributed by atoms with Crippen LogP contribution in [0.5, 0.6) is 5.75 Å². The van der Waals surface area contributed by atoms with E-state index in [2.05, 4.69) is 20.9 Å². The number of halogens is 1. The zero-order valence-electron chi connectivity index (χ0n) is 9.93. The summed E-state index contributed by atoms with van der Waals surface area (Å²) in [6, 6.07) is 12.6. The highest BCUT2D eigenvalue weighted by Gasteiger charge is 2.09. The second-order valence-corrected chi connectivity index (χ2v) is 5.16. The van der Waals surface area contributed by atoms with Gasteiger partial charge in [-0.15, -0.1) is 0 Å². The van der Waals surface area contributed by atoms with Gasteiger partial charge in [-0.3, -0.25) is 4.57 Å². The number of fused-ring (bicyclic) bond motifs is 1. The molecule has 0 atom stereocenters. The van der Waals surface area contributed by atoms with E-state index in [1.165, 1.54) is 0 Å². The lowest BCUT2D eigenvalue weighted by Gasteiger charge is -2.06. The van der Waals surface area contributed by atoms with Gasteiger partial charge in [0.25, 0.3) is 0 Å². The van der Waals surface area contributed by atoms with Crippen molar-refractivity contribution in [2.24, 2.45) is 0 Å². The summed E-state index contributed by atoms with van der Waals surface area (Å²) in [7, 11) is 0. The van der Waals surface area contributed by atoms with Gasteiger partial charge in [-0.2, -0.15) is 0 Å². The van der Waals surface area contributed by atoms with Crippen molar-refractivity contribution < 1.29 is 5.11 Å². The van der Waals surface area contributed by atoms with Crippen LogP contribution < -0.4 is 5.69 Å². The van der Waals surface area contributed by atoms with Crippen molar-refractivity contribution in [3.63, 3.8) is 0 Å². The van der Waals surface area contributed by atoms with Gasteiger partial charge in [0.05, 0.1) is 17.6 Å². The predicted octanol–water partition coefficient (Wildman–Crippen LogP) is 2.85. The lowest BCUT2D eigenvalue weighted by atomic mass is 10.2. The van der Waals surface area contributed by atoms with Gasteiger partial charge in [0, 0.05) is 10.5 Å². The van der Waals surface area contributed by atoms with Crippen molar-refractivity contribution in [2.45, 2.75) is 6.54 Å². The second kappa shape index (κ2) is 4.59. The third-order valence-corrected chi connectivity index (χ3v) is 3.82. The fourth-order valence-electron chi connectivity index (χ4n) is 2.10. The minimum absolute atomic E-state index is 0.146. The smallest absolute Gasteiger partial charge is 0.326 e. The van der Waals surface area contributed by atoms with Crippen LogP contribution in [0.3, 0.4) is 0 Å². The first-order valence-corrected chi connectivity index (χ1v) is 6.59. The summed E-state index contributed by atoms with van der Waals surface area (Å²) < 4.78 is 2.56. The van der Waals surface area contributed by atoms with Gasteiger partial charge in [0.2, 0.25) is 0 Å². The van der Waals surface area contributed by atoms with Crippen LogP contribution in [-0.4, -0.2) is 14.7 Å². The lowest BCUT2D eigenvalue weighted by Crippen LogP contribution is -2.17. The van der Waals surface area contributed by atoms with Crippen molar-refractivity contribution in [1.82, 2.24) is 9.55 Å². The molecule has 0 unspecified atom stereocenters. The van der Waals surface area contributed by atoms with Gasteiger partial charge >= 0.3 is 5.69 Å². The molecule has 2 aromatic carbocycles. The lowest BCUT2D eigenvalue weighted by molar-refractivity contribution is 0.476. The van der Waals surface area contributed by atoms with E-state index in [-0.39, 0.29) is 11.4 Å². The average Bonchev–Trinajstić information content (AvgIpc) is 2.69. The number of nitrogens with one attached hydrogen (secondary N) is 1. The Balaban J connectivity index is 2.15. The fraction of sp³-hybridized carbons (Fsp3) is 0.0714. The molecule has 96 valence electrons. The Kier molecular flexibility index (Phi) is 2.91. The van der Waals surface area contributed by atoms with Crippen LogP contribution >= 0.6 is 15.9 Å². The molecule has 0 bridgehead atoms. The van der Waals surface area contributed by atoms with Crippen LogP contribution in [0.1, 0.15) is 5.56 Å². The molecule has 4 nitrogen and oxygen atoms in total. The standard InChI is InChI=1S/C14H11BrN2O2/c15-11-4-2-1-3-9(11)8-17-13-7-10(18)5-6-12(13)16-14(17)19/h1-7,18H,8H2,(H,16,19). The molecule has 3 rings (SSSR count). The summed E-state index contributed by atoms with van der Waals surface area (Å²) in [5.41, 5.74) is 2.24. The van der Waals surface area contributed by atoms with E-state index in [9.17, 15) is 9.90 Å². The maximum absolute atomic E-state index is 12.0. The highest BCUT2D eigenvalue weighted by Crippen LogP contribution is 2.21. The summed E-state index contributed by atoms with van der Waals surface area (Å²) >= 11 is 3.47. The number of H-pyrrole nitrogens is 1. The number of aromatic amines is 1. The molecule has 2 N–H and O–H groups in total. The number of imidazole rings is 1. The van der Waals surface area contributed by atoms with Crippen molar-refractivity contribution in [2.75, 3.05) is 0 Å². The van der Waals surface area contributed by atoms with Crippen LogP contribution in [0.25, 0.3) is 11.0 Å². The molecule has 0 aliphatic heterocycles. The van der Waals surface area contributed by atoms with E-state index in [1.807, 2.05) is 24.3 Å². The zero-order valence-corrected chi connectivity index (χ0v) is 11.5. The highest BCUT2D eigenvalue weighted by atomic mass is 79.9. The minimum Gasteiger partial charge on any atom is -0.508 e. The van der Waals surface area contributed by atoms with E-state index < -0.39 is 0 Å². The Morgan fingerprint density at radius 1 is 1.21 bits per heavy atom. The molecule has 0 radical (unpaired) electrons. The number of nitrogens with zero attached hydrogens (tertiary/aromatic N) is 1. The Morgan fingerprint density at radius 3 is 2.79 bits per heavy atom. The van der Waals surface area contributed by atoms with Crippen LogP contribution in [0, 0.1) is 0 Å². The van der Waals surface area contributed by atoms with Gasteiger partial charge in [0.15, 0.2) is 0 Å². The molecule has 19 heavy (non-hydrogen) atoms. The molecule has 0 aliphatic carbocycles. The zero-order chi connectivity index (χ0) is 13.4. The number of hydrogen-bond acceptors (Lipinski definition) is 2. The number of benzene rings is 2. The second-order valence-electron chi connectivity index (χ2n) is 4.31. The number of aromatic hydroxyl groups is 1. The summed E-state index contributed by atoms with van der Waals surface area (Å²) in [6.07, 6.45) is 0. The molecule has 0 spiro atoms. The molecular weight excluding hydrogens is 308 g/mol. The largest absolute Gasteiger partial charge is 0.508 e. The normalized spacial score (nSPS) is 11.0. The maximum Gasteiger partial charge on any atom is 0.326 e. The first-order chi connectivity index (χ1) is 9.15. The van der Waals surface area contributed by atoms with Crippen LogP contribution in [0.15, 0.2) is 51.7 Å². The third kappa shape index (κ3) is 2.17. The molecule has 0 fully saturated rings. The maximum atomic E-state index is 12.0. The quantitative estimate of drug-likeness (QED) is 0.763. The highest BCUT2D eigenvalue weighted by molar-refractivity contribution is 9.10. The van der Waals surface area contributed by atoms with Crippen molar-refractivity contribution in [3.8, 4) is 5.75 Å². The number of phenolic OH excluding ortho intramolecular Hbond substituents is 1. The summed E-state index contributed by atoms with van der Waals surface area (Å²) in [5, 5.41) is 9.55. The Labute approximate surface area is 117 Å². The van der Waals surface area contributed by atoms with Crippen molar-refractivity contribution in [3.05, 3.63) is 63.0 Å². The molecule has 0 amide bonds. The molecule has 0 saturated carbocycles. The SMILES string of the molecule is O=c1[nH]c2ccc(O)cc2n1Cc1ccccc1Br. The Morgan fingerprint density at radius 2 is 2.00 bits per heavy atom. The molecule has 3 aromatic rings. The Bertz CT molecular complexity index is 805. The summed E-state index contributed by atoms with van der Waals surface area (Å²) in [6.45, 7) is 0.448. The van der Waals surface area contributed by atoms with E-state index >= 15 is 0 Å².